The van der Waals surface area contributed by atoms with Gasteiger partial charge in [0.25, 0.3) is 0 Å². The van der Waals surface area contributed by atoms with Crippen molar-refractivity contribution >= 4 is 16.6 Å². The molecular weight excluding hydrogens is 618 g/mol. The monoisotopic (exact) mass is 657 g/mol. The summed E-state index contributed by atoms with van der Waals surface area (Å²) in [6.07, 6.45) is 3.05. The predicted octanol–water partition coefficient (Wildman–Crippen LogP) is 8.49. The first-order chi connectivity index (χ1) is 15.1. The molecule has 1 aromatic heterocycles. The average Bonchev–Trinajstić information content (AvgIpc) is 2.66. The first-order valence-corrected chi connectivity index (χ1v) is 11.1. The van der Waals surface area contributed by atoms with Gasteiger partial charge in [-0.1, -0.05) is 68.9 Å². The van der Waals surface area contributed by atoms with Gasteiger partial charge in [-0.3, -0.25) is 4.79 Å². The number of hydrogen-bond donors (Lipinski definition) is 1. The fourth-order valence-electron chi connectivity index (χ4n) is 3.10. The van der Waals surface area contributed by atoms with Gasteiger partial charge in [0.05, 0.1) is 0 Å². The van der Waals surface area contributed by atoms with Crippen molar-refractivity contribution in [3.63, 3.8) is 0 Å². The first-order valence-electron chi connectivity index (χ1n) is 11.1. The molecule has 0 saturated heterocycles. The third-order valence-electron chi connectivity index (χ3n) is 5.22. The molecular formula is C30H39FIrNO2-. The van der Waals surface area contributed by atoms with Gasteiger partial charge in [0.2, 0.25) is 0 Å². The fraction of sp³-hybridized carbons (Fsp3) is 0.400. The Morgan fingerprint density at radius 1 is 1.00 bits per heavy atom. The van der Waals surface area contributed by atoms with Crippen LogP contribution in [0.4, 0.5) is 4.39 Å². The maximum absolute atomic E-state index is 13.7. The van der Waals surface area contributed by atoms with Crippen molar-refractivity contribution < 1.29 is 34.4 Å². The van der Waals surface area contributed by atoms with Crippen LogP contribution in [0.1, 0.15) is 65.7 Å². The molecule has 0 spiro atoms. The Hall–Kier alpha value is -2.36. The number of fused-ring (bicyclic) bond motifs is 1. The van der Waals surface area contributed by atoms with Crippen molar-refractivity contribution in [2.45, 2.75) is 69.7 Å². The fourth-order valence-corrected chi connectivity index (χ4v) is 3.10. The smallest absolute Gasteiger partial charge is 0.164 e. The van der Waals surface area contributed by atoms with Crippen LogP contribution in [0.5, 0.6) is 0 Å². The summed E-state index contributed by atoms with van der Waals surface area (Å²) in [4.78, 5) is 16.0. The van der Waals surface area contributed by atoms with E-state index in [1.165, 1.54) is 11.6 Å². The van der Waals surface area contributed by atoms with Crippen LogP contribution in [0.2, 0.25) is 0 Å². The second kappa shape index (κ2) is 12.6. The topological polar surface area (TPSA) is 50.2 Å². The molecule has 1 radical (unpaired) electrons. The van der Waals surface area contributed by atoms with Crippen LogP contribution in [-0.2, 0) is 24.9 Å². The number of aromatic nitrogens is 1. The summed E-state index contributed by atoms with van der Waals surface area (Å²) < 4.78 is 13.7. The zero-order valence-corrected chi connectivity index (χ0v) is 24.0. The number of carbonyl (C=O) groups excluding carboxylic acids is 1. The maximum Gasteiger partial charge on any atom is 0.164 e. The van der Waals surface area contributed by atoms with Gasteiger partial charge in [-0.15, -0.1) is 34.9 Å². The van der Waals surface area contributed by atoms with Crippen LogP contribution in [0.15, 0.2) is 48.4 Å². The number of aliphatic hydroxyl groups excluding tert-OH is 1. The van der Waals surface area contributed by atoms with Crippen LogP contribution in [0.25, 0.3) is 22.0 Å². The molecule has 35 heavy (non-hydrogen) atoms. The Labute approximate surface area is 224 Å². The summed E-state index contributed by atoms with van der Waals surface area (Å²) in [5.41, 5.74) is 3.94. The first kappa shape index (κ1) is 32.6. The maximum atomic E-state index is 13.7. The summed E-state index contributed by atoms with van der Waals surface area (Å²) in [5.74, 6) is -0.0774. The number of benzene rings is 2. The van der Waals surface area contributed by atoms with E-state index in [9.17, 15) is 14.3 Å². The summed E-state index contributed by atoms with van der Waals surface area (Å²) >= 11 is 0. The third-order valence-corrected chi connectivity index (χ3v) is 5.22. The molecule has 0 atom stereocenters. The molecule has 0 unspecified atom stereocenters. The number of allylic oxidation sites excluding steroid dienone is 2. The molecule has 0 fully saturated rings. The molecule has 5 heteroatoms. The summed E-state index contributed by atoms with van der Waals surface area (Å²) in [5, 5.41) is 11.4. The van der Waals surface area contributed by atoms with E-state index in [0.717, 1.165) is 27.6 Å². The quantitative estimate of drug-likeness (QED) is 0.171. The minimum Gasteiger partial charge on any atom is -0.512 e. The second-order valence-corrected chi connectivity index (χ2v) is 10.6. The van der Waals surface area contributed by atoms with Crippen LogP contribution < -0.4 is 0 Å². The van der Waals surface area contributed by atoms with E-state index >= 15 is 0 Å². The molecule has 0 amide bonds. The number of nitrogens with zero attached hydrogens (tertiary/aromatic N) is 1. The molecule has 3 nitrogen and oxygen atoms in total. The number of ketones is 1. The molecule has 0 aliphatic heterocycles. The molecule has 0 bridgehead atoms. The van der Waals surface area contributed by atoms with E-state index < -0.39 is 5.41 Å². The second-order valence-electron chi connectivity index (χ2n) is 10.6. The Morgan fingerprint density at radius 2 is 1.60 bits per heavy atom. The number of aliphatic hydroxyl groups is 1. The summed E-state index contributed by atoms with van der Waals surface area (Å²) in [6.45, 7) is 17.0. The Bertz CT molecular complexity index is 1180. The van der Waals surface area contributed by atoms with E-state index in [4.69, 9.17) is 0 Å². The minimum atomic E-state index is -0.417. The minimum absolute atomic E-state index is 0. The molecule has 1 N–H and O–H groups in total. The number of aryl methyl sites for hydroxylation is 3. The summed E-state index contributed by atoms with van der Waals surface area (Å²) in [6, 6.07) is 12.7. The van der Waals surface area contributed by atoms with Gasteiger partial charge < -0.3 is 10.1 Å². The molecule has 2 aromatic carbocycles. The average molecular weight is 657 g/mol. The largest absolute Gasteiger partial charge is 0.512 e. The van der Waals surface area contributed by atoms with Crippen LogP contribution >= 0.6 is 0 Å². The van der Waals surface area contributed by atoms with Crippen molar-refractivity contribution in [3.8, 4) is 11.3 Å². The molecule has 3 rings (SSSR count). The molecule has 1 heterocycles. The normalized spacial score (nSPS) is 11.7. The van der Waals surface area contributed by atoms with Crippen LogP contribution in [-0.4, -0.2) is 15.9 Å². The Balaban J connectivity index is 0.000000684. The van der Waals surface area contributed by atoms with Crippen molar-refractivity contribution in [1.29, 1.82) is 0 Å². The molecule has 193 valence electrons. The van der Waals surface area contributed by atoms with E-state index in [1.807, 2.05) is 60.6 Å². The number of rotatable bonds is 2. The zero-order chi connectivity index (χ0) is 25.1. The van der Waals surface area contributed by atoms with Gasteiger partial charge in [0.15, 0.2) is 5.78 Å². The molecule has 3 aromatic rings. The standard InChI is InChI=1S/C18H15FN.C11H20O2.CH4.Ir/c1-11-6-12(2)8-15(7-11)18-16-9-13(3)17(19)10-14(16)4-5-20-18;1-10(2,3)8(12)7-9(13)11(4,5)6;;/h4-7,9-10H,1-3H3;7,12H,1-6H3;1H4;/q-1;;;. The Morgan fingerprint density at radius 3 is 2.11 bits per heavy atom. The van der Waals surface area contributed by atoms with Gasteiger partial charge in [-0.2, -0.15) is 0 Å². The van der Waals surface area contributed by atoms with Gasteiger partial charge in [-0.05, 0) is 41.1 Å². The Kier molecular flexibility index (Phi) is 11.7. The van der Waals surface area contributed by atoms with Gasteiger partial charge in [0, 0.05) is 43.2 Å². The molecule has 0 saturated carbocycles. The number of halogens is 1. The van der Waals surface area contributed by atoms with Gasteiger partial charge >= 0.3 is 0 Å². The van der Waals surface area contributed by atoms with Crippen molar-refractivity contribution in [3.05, 3.63) is 76.9 Å². The summed E-state index contributed by atoms with van der Waals surface area (Å²) in [7, 11) is 0. The predicted molar refractivity (Wildman–Crippen MR) is 142 cm³/mol. The molecule has 0 aliphatic carbocycles. The number of carbonyl (C=O) groups is 1. The van der Waals surface area contributed by atoms with Crippen LogP contribution in [0, 0.1) is 43.5 Å². The SMILES string of the molecule is C.CC(C)(C)C(=O)C=C(O)C(C)(C)C.Cc1[c-]c(-c2nccc3cc(F)c(C)cc23)cc(C)c1.[Ir]. The van der Waals surface area contributed by atoms with E-state index in [1.54, 1.807) is 19.2 Å². The van der Waals surface area contributed by atoms with E-state index in [2.05, 4.69) is 30.1 Å². The van der Waals surface area contributed by atoms with Crippen molar-refractivity contribution in [1.82, 2.24) is 4.98 Å². The van der Waals surface area contributed by atoms with Gasteiger partial charge in [-0.25, -0.2) is 4.39 Å². The molecule has 0 aliphatic rings. The van der Waals surface area contributed by atoms with E-state index in [0.29, 0.717) is 5.56 Å². The van der Waals surface area contributed by atoms with E-state index in [-0.39, 0.29) is 50.3 Å². The van der Waals surface area contributed by atoms with Crippen LogP contribution in [0.3, 0.4) is 0 Å². The van der Waals surface area contributed by atoms with Crippen molar-refractivity contribution in [2.75, 3.05) is 0 Å². The number of pyridine rings is 1. The third kappa shape index (κ3) is 8.98. The number of hydrogen-bond acceptors (Lipinski definition) is 3. The van der Waals surface area contributed by atoms with Crippen molar-refractivity contribution in [2.24, 2.45) is 10.8 Å². The zero-order valence-electron chi connectivity index (χ0n) is 21.6. The van der Waals surface area contributed by atoms with Gasteiger partial charge in [0.1, 0.15) is 11.6 Å².